The standard InChI is InChI=1S/2C22H25N3O.C22H23N3O.C22H26N2O2.4CH4/c1-4-16-18-11-10-17-19(14-8-6-5-7-9-14)25(3)24-21(17)22(18,2)12-15-13-23-26-20(15)16;2*1-5-15-17-12-11-16-19(14-9-7-6-8-10-14)25(4)24-21(16)22(17,2)13-18(23-3)20(15)26;1-4-16-18-11-10-17-19(14-8-6-5-7-9-14)24(3)23-21(17)22(18,2)12-15(13-25)20(16)26;;;;/h5-9,13,16,18H,4,10-12H2,1-3H3;6-10,15,17-18H,5,11-13H2,1-2,4H3;6-10,13,15,17H,5,11-12H2,1-2,4H3;5-9,13,16,18,25H,4,10-12H2,1-3H3;4*1H4/b;;;15-13-;;;;/t16-,18-,22-;15-,17-,18?,22-;15-,17-,22-;16-,18-,22-;;;;/m0000..../s1/i;;;;1T;;;. The number of fused-ring (bicyclic) bond motifs is 13. The number of carbonyl (C=O) groups is 3. The Balaban J connectivity index is 0.000000152. The second kappa shape index (κ2) is 31.8. The van der Waals surface area contributed by atoms with Crippen LogP contribution >= 0.6 is 0 Å². The van der Waals surface area contributed by atoms with Gasteiger partial charge < -0.3 is 19.3 Å². The summed E-state index contributed by atoms with van der Waals surface area (Å²) in [4.78, 5) is 45.4. The third-order valence-corrected chi connectivity index (χ3v) is 26.2. The third-order valence-electron chi connectivity index (χ3n) is 26.2. The number of aliphatic hydroxyl groups is 1. The fraction of sp³-hybridized carbons (Fsp3) is 0.478. The maximum absolute atomic E-state index is 12.8. The summed E-state index contributed by atoms with van der Waals surface area (Å²) < 4.78 is 19.5. The molecule has 2 saturated carbocycles. The van der Waals surface area contributed by atoms with Gasteiger partial charge in [-0.1, -0.05) is 218 Å². The average Bonchev–Trinajstić information content (AvgIpc) is 1.63. The van der Waals surface area contributed by atoms with Crippen molar-refractivity contribution in [2.45, 2.75) is 215 Å². The molecule has 8 aliphatic carbocycles. The van der Waals surface area contributed by atoms with Crippen molar-refractivity contribution in [1.29, 1.82) is 0 Å². The fourth-order valence-electron chi connectivity index (χ4n) is 21.5. The quantitative estimate of drug-likeness (QED) is 0.0875. The van der Waals surface area contributed by atoms with Gasteiger partial charge in [-0.3, -0.25) is 28.3 Å². The second-order valence-electron chi connectivity index (χ2n) is 31.7. The Morgan fingerprint density at radius 1 is 0.509 bits per heavy atom. The normalized spacial score (nSPS) is 27.5. The number of nitrogens with zero attached hydrogens (tertiary/aromatic N) is 11. The molecule has 1 unspecified atom stereocenters. The van der Waals surface area contributed by atoms with E-state index in [1.807, 2.05) is 77.8 Å². The Bertz CT molecular complexity index is 4910. The lowest BCUT2D eigenvalue weighted by atomic mass is 9.54. The summed E-state index contributed by atoms with van der Waals surface area (Å²) in [7, 11) is 9.34. The van der Waals surface area contributed by atoms with E-state index in [1.54, 1.807) is 0 Å². The summed E-state index contributed by atoms with van der Waals surface area (Å²) >= 11 is 0. The minimum absolute atomic E-state index is 0. The van der Waals surface area contributed by atoms with E-state index < -0.39 is 6.04 Å². The van der Waals surface area contributed by atoms with Crippen LogP contribution in [0, 0.1) is 54.6 Å². The van der Waals surface area contributed by atoms with Gasteiger partial charge in [0.25, 0.3) is 6.04 Å². The van der Waals surface area contributed by atoms with Crippen molar-refractivity contribution in [2.75, 3.05) is 0 Å². The van der Waals surface area contributed by atoms with Crippen molar-refractivity contribution < 1.29 is 25.4 Å². The average molecular weight is 1460 g/mol. The van der Waals surface area contributed by atoms with Crippen LogP contribution in [0.25, 0.3) is 54.7 Å². The SMILES string of the molecule is C.C.C.CC[C@@H]1C(=O)/C(=C\O)C[C@]2(C)c3nn(C)c(-c4ccccc4)c3CC[C@@H]12.CC[C@@H]1c2oncc2C[C@]2(C)c3nn(C)c(-c4ccccc4)c3CC[C@@H]12.[3H]C.[C-]#[N+]C1=C[C@]2(C)c3nn(C)c(-c4ccccc4)c3CC[C@H]2[C@H](CC)C1=O.[C-]#[N+]C1C[C@]2(C)c3nn(C)c(-c4ccccc4)c3CC[C@H]2[C@H](CC)C1=O. The molecule has 0 bridgehead atoms. The van der Waals surface area contributed by atoms with Crippen LogP contribution in [0.3, 0.4) is 0 Å². The van der Waals surface area contributed by atoms with Crippen LogP contribution in [0.1, 0.15) is 213 Å². The molecular weight excluding hydrogens is 1340 g/mol. The van der Waals surface area contributed by atoms with Gasteiger partial charge in [0.15, 0.2) is 11.6 Å². The van der Waals surface area contributed by atoms with Crippen molar-refractivity contribution >= 4 is 17.3 Å². The Hall–Kier alpha value is -9.80. The van der Waals surface area contributed by atoms with E-state index in [0.717, 1.165) is 112 Å². The molecular formula is C92H115N11O5. The van der Waals surface area contributed by atoms with Gasteiger partial charge in [-0.05, 0) is 114 Å². The van der Waals surface area contributed by atoms with Crippen molar-refractivity contribution in [2.24, 2.45) is 69.6 Å². The molecule has 5 heterocycles. The number of rotatable bonds is 8. The number of allylic oxidation sites excluding steroid dienone is 3. The molecule has 4 aromatic carbocycles. The van der Waals surface area contributed by atoms with E-state index in [0.29, 0.717) is 36.2 Å². The molecule has 16 heteroatoms. The molecule has 108 heavy (non-hydrogen) atoms. The largest absolute Gasteiger partial charge is 0.515 e. The Morgan fingerprint density at radius 3 is 1.27 bits per heavy atom. The Labute approximate surface area is 643 Å². The number of benzene rings is 4. The molecule has 5 aromatic heterocycles. The van der Waals surface area contributed by atoms with E-state index in [1.165, 1.54) is 86.7 Å². The summed E-state index contributed by atoms with van der Waals surface area (Å²) in [6, 6.07) is 41.3. The summed E-state index contributed by atoms with van der Waals surface area (Å²) in [5, 5.41) is 33.6. The first-order valence-electron chi connectivity index (χ1n) is 39.0. The topological polar surface area (TPSA) is 177 Å². The molecule has 0 radical (unpaired) electrons. The molecule has 13 atom stereocenters. The van der Waals surface area contributed by atoms with Crippen molar-refractivity contribution in [3.8, 4) is 45.0 Å². The third kappa shape index (κ3) is 13.1. The summed E-state index contributed by atoms with van der Waals surface area (Å²) in [6.45, 7) is 32.5. The van der Waals surface area contributed by atoms with Crippen LogP contribution in [0.2, 0.25) is 0 Å². The number of hydrogen-bond acceptors (Lipinski definition) is 10. The number of carbonyl (C=O) groups excluding carboxylic acids is 3. The van der Waals surface area contributed by atoms with Gasteiger partial charge in [0.05, 0.1) is 64.6 Å². The number of hydrogen-bond donors (Lipinski definition) is 1. The smallest absolute Gasteiger partial charge is 0.282 e. The predicted octanol–water partition coefficient (Wildman–Crippen LogP) is 20.1. The van der Waals surface area contributed by atoms with E-state index >= 15 is 0 Å². The van der Waals surface area contributed by atoms with Crippen LogP contribution in [0.5, 0.6) is 0 Å². The zero-order valence-electron chi connectivity index (χ0n) is 64.6. The van der Waals surface area contributed by atoms with Crippen molar-refractivity contribution in [1.82, 2.24) is 44.3 Å². The first kappa shape index (κ1) is 79.2. The van der Waals surface area contributed by atoms with Gasteiger partial charge in [-0.25, -0.2) is 11.4 Å². The van der Waals surface area contributed by atoms with Gasteiger partial charge in [0.2, 0.25) is 11.5 Å². The molecule has 17 rings (SSSR count). The van der Waals surface area contributed by atoms with Gasteiger partial charge in [-0.15, -0.1) is 0 Å². The lowest BCUT2D eigenvalue weighted by molar-refractivity contribution is -0.130. The number of aliphatic hydroxyl groups excluding tert-OH is 1. The zero-order chi connectivity index (χ0) is 75.3. The van der Waals surface area contributed by atoms with E-state index in [4.69, 9.17) is 39.4 Å². The van der Waals surface area contributed by atoms with Crippen LogP contribution in [0.4, 0.5) is 0 Å². The summed E-state index contributed by atoms with van der Waals surface area (Å²) in [5.41, 5.74) is 20.9. The Kier molecular flexibility index (Phi) is 23.3. The number of aromatic nitrogens is 9. The van der Waals surface area contributed by atoms with Crippen molar-refractivity contribution in [3.05, 3.63) is 230 Å². The second-order valence-corrected chi connectivity index (χ2v) is 31.7. The molecule has 0 saturated heterocycles. The van der Waals surface area contributed by atoms with Crippen LogP contribution in [0.15, 0.2) is 156 Å². The highest BCUT2D eigenvalue weighted by Gasteiger charge is 2.58. The minimum atomic E-state index is -0.519. The summed E-state index contributed by atoms with van der Waals surface area (Å²) in [5.74, 6) is 3.13. The molecule has 568 valence electrons. The molecule has 8 aliphatic rings. The van der Waals surface area contributed by atoms with Gasteiger partial charge >= 0.3 is 0 Å². The fourth-order valence-corrected chi connectivity index (χ4v) is 21.5. The highest BCUT2D eigenvalue weighted by Crippen LogP contribution is 2.59. The van der Waals surface area contributed by atoms with E-state index in [9.17, 15) is 19.5 Å². The van der Waals surface area contributed by atoms with Gasteiger partial charge in [0, 0.05) is 137 Å². The number of aryl methyl sites for hydroxylation is 4. The summed E-state index contributed by atoms with van der Waals surface area (Å²) in [6.07, 6.45) is 18.6. The number of ketones is 3. The highest BCUT2D eigenvalue weighted by molar-refractivity contribution is 6.01. The lowest BCUT2D eigenvalue weighted by Gasteiger charge is -2.48. The molecule has 9 aromatic rings. The zero-order valence-corrected chi connectivity index (χ0v) is 63.6. The predicted molar refractivity (Wildman–Crippen MR) is 433 cm³/mol. The van der Waals surface area contributed by atoms with Crippen molar-refractivity contribution in [3.63, 3.8) is 0 Å². The van der Waals surface area contributed by atoms with E-state index in [2.05, 4.69) is 173 Å². The van der Waals surface area contributed by atoms with Crippen LogP contribution in [-0.2, 0) is 96.3 Å². The van der Waals surface area contributed by atoms with Crippen LogP contribution in [-0.4, -0.2) is 72.8 Å². The maximum atomic E-state index is 12.8. The minimum Gasteiger partial charge on any atom is -0.515 e. The maximum Gasteiger partial charge on any atom is 0.282 e. The van der Waals surface area contributed by atoms with Crippen LogP contribution < -0.4 is 0 Å². The molecule has 0 aliphatic heterocycles. The first-order chi connectivity index (χ1) is 51.2. The molecule has 0 amide bonds. The molecule has 0 spiro atoms. The number of Topliss-reactive ketones (excluding diaryl/α,β-unsaturated/α-hetero) is 3. The molecule has 1 N–H and O–H groups in total. The lowest BCUT2D eigenvalue weighted by Crippen LogP contribution is -2.52. The van der Waals surface area contributed by atoms with Gasteiger partial charge in [-0.2, -0.15) is 20.4 Å². The highest BCUT2D eigenvalue weighted by atomic mass is 16.5. The molecule has 16 nitrogen and oxygen atoms in total. The Morgan fingerprint density at radius 2 is 0.870 bits per heavy atom. The van der Waals surface area contributed by atoms with E-state index in [-0.39, 0.29) is 96.6 Å². The monoisotopic (exact) mass is 1460 g/mol. The first-order valence-corrected chi connectivity index (χ1v) is 38.0. The van der Waals surface area contributed by atoms with Gasteiger partial charge in [0.1, 0.15) is 5.76 Å². The molecule has 2 fully saturated rings.